The summed E-state index contributed by atoms with van der Waals surface area (Å²) in [6.07, 6.45) is 16.9. The minimum Gasteiger partial charge on any atom is -0.392 e. The zero-order valence-corrected chi connectivity index (χ0v) is 19.0. The lowest BCUT2D eigenvalue weighted by Crippen LogP contribution is -2.29. The number of hydrogen-bond acceptors (Lipinski definition) is 5. The molecule has 7 heteroatoms. The molecule has 1 aliphatic carbocycles. The van der Waals surface area contributed by atoms with Crippen LogP contribution in [0.1, 0.15) is 44.7 Å². The van der Waals surface area contributed by atoms with Crippen molar-refractivity contribution in [1.29, 1.82) is 0 Å². The Kier molecular flexibility index (Phi) is 15.6. The van der Waals surface area contributed by atoms with Gasteiger partial charge in [0.15, 0.2) is 0 Å². The Hall–Kier alpha value is -2.66. The molecule has 0 atom stereocenters. The predicted molar refractivity (Wildman–Crippen MR) is 125 cm³/mol. The van der Waals surface area contributed by atoms with Crippen molar-refractivity contribution >= 4 is 11.6 Å². The van der Waals surface area contributed by atoms with Gasteiger partial charge >= 0.3 is 0 Å². The molecule has 4 N–H and O–H groups in total. The molecule has 1 aliphatic rings. The molecule has 1 saturated carbocycles. The van der Waals surface area contributed by atoms with Crippen LogP contribution in [0.5, 0.6) is 0 Å². The van der Waals surface area contributed by atoms with Crippen molar-refractivity contribution < 1.29 is 19.1 Å². The van der Waals surface area contributed by atoms with E-state index in [-0.39, 0.29) is 18.8 Å². The second-order valence-electron chi connectivity index (χ2n) is 6.46. The van der Waals surface area contributed by atoms with Crippen molar-refractivity contribution in [2.24, 2.45) is 5.92 Å². The molecule has 1 amide bonds. The van der Waals surface area contributed by atoms with Crippen LogP contribution in [0.4, 0.5) is 10.1 Å². The number of halogens is 1. The maximum atomic E-state index is 14.4. The van der Waals surface area contributed by atoms with Gasteiger partial charge in [-0.3, -0.25) is 9.63 Å². The first-order valence-corrected chi connectivity index (χ1v) is 10.4. The number of carbonyl (C=O) groups is 1. The van der Waals surface area contributed by atoms with Crippen molar-refractivity contribution in [2.75, 3.05) is 25.5 Å². The summed E-state index contributed by atoms with van der Waals surface area (Å²) in [7, 11) is 1.32. The van der Waals surface area contributed by atoms with Crippen molar-refractivity contribution in [3.63, 3.8) is 0 Å². The lowest BCUT2D eigenvalue weighted by atomic mass is 10.1. The third-order valence-electron chi connectivity index (χ3n) is 4.26. The van der Waals surface area contributed by atoms with Crippen LogP contribution in [0.25, 0.3) is 0 Å². The van der Waals surface area contributed by atoms with E-state index in [4.69, 9.17) is 0 Å². The summed E-state index contributed by atoms with van der Waals surface area (Å²) in [6, 6.07) is 3.13. The van der Waals surface area contributed by atoms with Crippen LogP contribution in [-0.4, -0.2) is 31.2 Å². The van der Waals surface area contributed by atoms with Gasteiger partial charge in [-0.05, 0) is 49.0 Å². The van der Waals surface area contributed by atoms with Crippen molar-refractivity contribution in [1.82, 2.24) is 10.8 Å². The molecule has 0 bridgehead atoms. The van der Waals surface area contributed by atoms with E-state index in [1.807, 2.05) is 26.8 Å². The van der Waals surface area contributed by atoms with E-state index in [9.17, 15) is 14.3 Å². The minimum absolute atomic E-state index is 0.122. The number of hydroxylamine groups is 1. The molecule has 0 spiro atoms. The first-order chi connectivity index (χ1) is 15.1. The molecule has 2 rings (SSSR count). The third kappa shape index (κ3) is 10.8. The maximum Gasteiger partial charge on any atom is 0.262 e. The molecule has 1 fully saturated rings. The molecule has 1 aromatic rings. The Balaban J connectivity index is 0.00000212. The summed E-state index contributed by atoms with van der Waals surface area (Å²) >= 11 is 0. The largest absolute Gasteiger partial charge is 0.392 e. The highest BCUT2D eigenvalue weighted by Crippen LogP contribution is 2.36. The number of allylic oxidation sites excluding steroid dienone is 3. The van der Waals surface area contributed by atoms with Gasteiger partial charge in [0, 0.05) is 18.7 Å². The number of amides is 1. The summed E-state index contributed by atoms with van der Waals surface area (Å²) < 4.78 is 14.4. The van der Waals surface area contributed by atoms with Crippen LogP contribution in [0.2, 0.25) is 0 Å². The van der Waals surface area contributed by atoms with Crippen LogP contribution in [-0.2, 0) is 22.8 Å². The monoisotopic (exact) mass is 433 g/mol. The number of nitrogens with one attached hydrogen (secondary N) is 3. The SMILES string of the molecule is C#C.C/C=C\C(=C/CNCc1cc(F)c(NCC(=O)NOC)c(CO)c1)C1CC1.CC. The van der Waals surface area contributed by atoms with Crippen LogP contribution >= 0.6 is 0 Å². The van der Waals surface area contributed by atoms with Gasteiger partial charge in [0.25, 0.3) is 5.91 Å². The molecule has 0 unspecified atom stereocenters. The van der Waals surface area contributed by atoms with Crippen molar-refractivity contribution in [2.45, 2.75) is 46.8 Å². The normalized spacial score (nSPS) is 13.0. The summed E-state index contributed by atoms with van der Waals surface area (Å²) in [4.78, 5) is 15.9. The van der Waals surface area contributed by atoms with Gasteiger partial charge in [0.05, 0.1) is 25.9 Å². The smallest absolute Gasteiger partial charge is 0.262 e. The van der Waals surface area contributed by atoms with Gasteiger partial charge in [0.1, 0.15) is 5.82 Å². The topological polar surface area (TPSA) is 82.6 Å². The number of terminal acetylenes is 1. The quantitative estimate of drug-likeness (QED) is 0.185. The molecule has 0 radical (unpaired) electrons. The van der Waals surface area contributed by atoms with Crippen LogP contribution in [0.15, 0.2) is 35.9 Å². The number of hydrogen-bond donors (Lipinski definition) is 4. The van der Waals surface area contributed by atoms with E-state index in [1.165, 1.54) is 31.6 Å². The molecular formula is C24H36FN3O3. The van der Waals surface area contributed by atoms with Gasteiger partial charge in [0.2, 0.25) is 0 Å². The molecule has 0 heterocycles. The number of aliphatic hydroxyl groups is 1. The van der Waals surface area contributed by atoms with E-state index in [2.05, 4.69) is 46.0 Å². The highest BCUT2D eigenvalue weighted by molar-refractivity contribution is 5.80. The van der Waals surface area contributed by atoms with Crippen LogP contribution in [0.3, 0.4) is 0 Å². The fourth-order valence-electron chi connectivity index (χ4n) is 2.86. The lowest BCUT2D eigenvalue weighted by Gasteiger charge is -2.14. The van der Waals surface area contributed by atoms with Gasteiger partial charge in [-0.1, -0.05) is 32.1 Å². The van der Waals surface area contributed by atoms with Gasteiger partial charge in [-0.15, -0.1) is 12.8 Å². The summed E-state index contributed by atoms with van der Waals surface area (Å²) in [5, 5.41) is 15.5. The number of carbonyl (C=O) groups excluding carboxylic acids is 1. The third-order valence-corrected chi connectivity index (χ3v) is 4.26. The van der Waals surface area contributed by atoms with Gasteiger partial charge in [-0.25, -0.2) is 9.87 Å². The second-order valence-corrected chi connectivity index (χ2v) is 6.46. The number of aliphatic hydroxyl groups excluding tert-OH is 1. The Morgan fingerprint density at radius 3 is 2.55 bits per heavy atom. The first kappa shape index (κ1) is 28.3. The van der Waals surface area contributed by atoms with E-state index in [0.717, 1.165) is 5.56 Å². The fraction of sp³-hybridized carbons (Fsp3) is 0.458. The molecule has 0 saturated heterocycles. The van der Waals surface area contributed by atoms with E-state index in [0.29, 0.717) is 24.6 Å². The fourth-order valence-corrected chi connectivity index (χ4v) is 2.86. The number of anilines is 1. The Labute approximate surface area is 185 Å². The highest BCUT2D eigenvalue weighted by atomic mass is 19.1. The van der Waals surface area contributed by atoms with Crippen molar-refractivity contribution in [3.8, 4) is 12.8 Å². The summed E-state index contributed by atoms with van der Waals surface area (Å²) in [5.41, 5.74) is 4.75. The van der Waals surface area contributed by atoms with Crippen LogP contribution in [0, 0.1) is 24.6 Å². The zero-order valence-electron chi connectivity index (χ0n) is 19.0. The lowest BCUT2D eigenvalue weighted by molar-refractivity contribution is -0.129. The van der Waals surface area contributed by atoms with Gasteiger partial charge < -0.3 is 15.7 Å². The predicted octanol–water partition coefficient (Wildman–Crippen LogP) is 3.69. The second kappa shape index (κ2) is 17.1. The minimum atomic E-state index is -0.508. The average Bonchev–Trinajstić information content (AvgIpc) is 3.63. The van der Waals surface area contributed by atoms with Crippen LogP contribution < -0.4 is 16.1 Å². The standard InChI is InChI=1S/C20H28FN3O3.C2H6.C2H2/c1-3-4-15(16-5-6-16)7-8-22-11-14-9-17(13-25)20(18(21)10-14)23-12-19(26)24-27-2;2*1-2/h3-4,7,9-10,16,22-23,25H,5-6,8,11-13H2,1-2H3,(H,24,26);1-2H3;1-2H/b4-3-,15-7+;;. The molecule has 1 aromatic carbocycles. The summed E-state index contributed by atoms with van der Waals surface area (Å²) in [6.45, 7) is 6.71. The molecular weight excluding hydrogens is 397 g/mol. The molecule has 31 heavy (non-hydrogen) atoms. The molecule has 0 aliphatic heterocycles. The Morgan fingerprint density at radius 1 is 1.32 bits per heavy atom. The maximum absolute atomic E-state index is 14.4. The van der Waals surface area contributed by atoms with E-state index in [1.54, 1.807) is 6.07 Å². The average molecular weight is 434 g/mol. The molecule has 0 aromatic heterocycles. The first-order valence-electron chi connectivity index (χ1n) is 10.4. The zero-order chi connectivity index (χ0) is 23.6. The van der Waals surface area contributed by atoms with Gasteiger partial charge in [-0.2, -0.15) is 0 Å². The number of benzene rings is 1. The Morgan fingerprint density at radius 2 is 2.00 bits per heavy atom. The highest BCUT2D eigenvalue weighted by Gasteiger charge is 2.23. The molecule has 172 valence electrons. The molecule has 6 nitrogen and oxygen atoms in total. The van der Waals surface area contributed by atoms with Crippen molar-refractivity contribution in [3.05, 3.63) is 52.9 Å². The Bertz CT molecular complexity index is 741. The van der Waals surface area contributed by atoms with E-state index >= 15 is 0 Å². The van der Waals surface area contributed by atoms with E-state index < -0.39 is 11.7 Å². The number of rotatable bonds is 11. The summed E-state index contributed by atoms with van der Waals surface area (Å²) in [5.74, 6) is -0.264.